The predicted octanol–water partition coefficient (Wildman–Crippen LogP) is 1.46. The topological polar surface area (TPSA) is 41.5 Å². The molecule has 0 bridgehead atoms. The molecule has 2 N–H and O–H groups in total. The van der Waals surface area contributed by atoms with Crippen LogP contribution in [-0.2, 0) is 11.3 Å². The third-order valence-electron chi connectivity index (χ3n) is 3.33. The van der Waals surface area contributed by atoms with Gasteiger partial charge in [-0.1, -0.05) is 12.1 Å². The molecular formula is C13H18FNO2. The van der Waals surface area contributed by atoms with Gasteiger partial charge in [-0.2, -0.15) is 0 Å². The van der Waals surface area contributed by atoms with Gasteiger partial charge in [0.05, 0.1) is 6.61 Å². The number of benzene rings is 1. The van der Waals surface area contributed by atoms with E-state index in [9.17, 15) is 9.50 Å². The molecule has 1 aromatic carbocycles. The molecule has 0 aromatic heterocycles. The van der Waals surface area contributed by atoms with E-state index in [0.717, 1.165) is 18.4 Å². The van der Waals surface area contributed by atoms with E-state index in [4.69, 9.17) is 4.74 Å². The van der Waals surface area contributed by atoms with Crippen LogP contribution in [0.1, 0.15) is 18.4 Å². The monoisotopic (exact) mass is 239 g/mol. The van der Waals surface area contributed by atoms with Crippen LogP contribution in [0.15, 0.2) is 24.3 Å². The van der Waals surface area contributed by atoms with Crippen molar-refractivity contribution in [2.45, 2.75) is 24.9 Å². The molecule has 2 rings (SSSR count). The van der Waals surface area contributed by atoms with Crippen LogP contribution in [0.3, 0.4) is 0 Å². The molecule has 0 amide bonds. The summed E-state index contributed by atoms with van der Waals surface area (Å²) in [6, 6.07) is 6.42. The molecule has 0 aliphatic carbocycles. The van der Waals surface area contributed by atoms with Gasteiger partial charge in [-0.3, -0.25) is 0 Å². The number of rotatable bonds is 4. The Morgan fingerprint density at radius 1 is 1.24 bits per heavy atom. The first-order valence-corrected chi connectivity index (χ1v) is 5.92. The molecule has 1 aromatic rings. The largest absolute Gasteiger partial charge is 0.394 e. The second-order valence-corrected chi connectivity index (χ2v) is 4.53. The van der Waals surface area contributed by atoms with Gasteiger partial charge >= 0.3 is 0 Å². The van der Waals surface area contributed by atoms with Crippen molar-refractivity contribution >= 4 is 0 Å². The number of ether oxygens (including phenoxy) is 1. The molecule has 94 valence electrons. The maximum atomic E-state index is 12.7. The lowest BCUT2D eigenvalue weighted by atomic mass is 9.91. The molecule has 3 nitrogen and oxygen atoms in total. The standard InChI is InChI=1S/C13H18FNO2/c14-12-3-1-11(2-4-12)9-15-13(10-16)5-7-17-8-6-13/h1-4,15-16H,5-10H2. The van der Waals surface area contributed by atoms with Crippen LogP contribution in [-0.4, -0.2) is 30.5 Å². The van der Waals surface area contributed by atoms with E-state index < -0.39 is 0 Å². The second-order valence-electron chi connectivity index (χ2n) is 4.53. The highest BCUT2D eigenvalue weighted by Crippen LogP contribution is 2.20. The van der Waals surface area contributed by atoms with Crippen LogP contribution in [0.5, 0.6) is 0 Å². The zero-order chi connectivity index (χ0) is 12.1. The van der Waals surface area contributed by atoms with Crippen molar-refractivity contribution in [2.24, 2.45) is 0 Å². The fourth-order valence-electron chi connectivity index (χ4n) is 2.04. The number of nitrogens with one attached hydrogen (secondary N) is 1. The Bertz CT molecular complexity index is 347. The number of aliphatic hydroxyl groups is 1. The zero-order valence-corrected chi connectivity index (χ0v) is 9.79. The van der Waals surface area contributed by atoms with Gasteiger partial charge in [-0.15, -0.1) is 0 Å². The fourth-order valence-corrected chi connectivity index (χ4v) is 2.04. The minimum Gasteiger partial charge on any atom is -0.394 e. The predicted molar refractivity (Wildman–Crippen MR) is 63.1 cm³/mol. The summed E-state index contributed by atoms with van der Waals surface area (Å²) in [7, 11) is 0. The van der Waals surface area contributed by atoms with Crippen molar-refractivity contribution in [3.05, 3.63) is 35.6 Å². The molecule has 4 heteroatoms. The minimum absolute atomic E-state index is 0.109. The van der Waals surface area contributed by atoms with Gasteiger partial charge in [-0.05, 0) is 30.5 Å². The van der Waals surface area contributed by atoms with E-state index >= 15 is 0 Å². The summed E-state index contributed by atoms with van der Waals surface area (Å²) in [5.41, 5.74) is 0.776. The molecule has 0 radical (unpaired) electrons. The number of hydrogen-bond donors (Lipinski definition) is 2. The highest BCUT2D eigenvalue weighted by atomic mass is 19.1. The number of hydrogen-bond acceptors (Lipinski definition) is 3. The van der Waals surface area contributed by atoms with Crippen molar-refractivity contribution in [1.82, 2.24) is 5.32 Å². The maximum Gasteiger partial charge on any atom is 0.123 e. The van der Waals surface area contributed by atoms with E-state index in [1.807, 2.05) is 0 Å². The normalized spacial score (nSPS) is 19.2. The Balaban J connectivity index is 1.93. The Morgan fingerprint density at radius 3 is 2.47 bits per heavy atom. The van der Waals surface area contributed by atoms with Crippen molar-refractivity contribution in [3.63, 3.8) is 0 Å². The summed E-state index contributed by atoms with van der Waals surface area (Å²) in [5.74, 6) is -0.225. The Hall–Kier alpha value is -0.970. The Kier molecular flexibility index (Phi) is 4.10. The lowest BCUT2D eigenvalue weighted by Gasteiger charge is -2.36. The van der Waals surface area contributed by atoms with E-state index in [2.05, 4.69) is 5.32 Å². The van der Waals surface area contributed by atoms with Gasteiger partial charge in [0.15, 0.2) is 0 Å². The van der Waals surface area contributed by atoms with E-state index in [-0.39, 0.29) is 18.0 Å². The first-order valence-electron chi connectivity index (χ1n) is 5.92. The molecule has 0 spiro atoms. The lowest BCUT2D eigenvalue weighted by molar-refractivity contribution is 0.0112. The number of halogens is 1. The molecule has 1 aliphatic heterocycles. The van der Waals surface area contributed by atoms with Gasteiger partial charge in [0.25, 0.3) is 0 Å². The molecular weight excluding hydrogens is 221 g/mol. The van der Waals surface area contributed by atoms with Crippen LogP contribution in [0.4, 0.5) is 4.39 Å². The average molecular weight is 239 g/mol. The van der Waals surface area contributed by atoms with E-state index in [0.29, 0.717) is 19.8 Å². The molecule has 1 aliphatic rings. The van der Waals surface area contributed by atoms with Crippen LogP contribution in [0.2, 0.25) is 0 Å². The van der Waals surface area contributed by atoms with Crippen molar-refractivity contribution in [2.75, 3.05) is 19.8 Å². The summed E-state index contributed by atoms with van der Waals surface area (Å²) in [5, 5.41) is 12.9. The third kappa shape index (κ3) is 3.25. The van der Waals surface area contributed by atoms with Crippen LogP contribution in [0.25, 0.3) is 0 Å². The van der Waals surface area contributed by atoms with Gasteiger partial charge in [0.2, 0.25) is 0 Å². The van der Waals surface area contributed by atoms with Crippen LogP contribution < -0.4 is 5.32 Å². The van der Waals surface area contributed by atoms with Crippen LogP contribution >= 0.6 is 0 Å². The maximum absolute atomic E-state index is 12.7. The first kappa shape index (κ1) is 12.5. The van der Waals surface area contributed by atoms with E-state index in [1.165, 1.54) is 12.1 Å². The molecule has 0 saturated carbocycles. The molecule has 1 heterocycles. The van der Waals surface area contributed by atoms with Gasteiger partial charge in [-0.25, -0.2) is 4.39 Å². The molecule has 0 atom stereocenters. The third-order valence-corrected chi connectivity index (χ3v) is 3.33. The average Bonchev–Trinajstić information content (AvgIpc) is 2.39. The highest BCUT2D eigenvalue weighted by molar-refractivity contribution is 5.16. The quantitative estimate of drug-likeness (QED) is 0.835. The molecule has 17 heavy (non-hydrogen) atoms. The summed E-state index contributed by atoms with van der Waals surface area (Å²) in [6.07, 6.45) is 1.62. The van der Waals surface area contributed by atoms with Gasteiger partial charge in [0, 0.05) is 25.3 Å². The fraction of sp³-hybridized carbons (Fsp3) is 0.538. The Morgan fingerprint density at radius 2 is 1.88 bits per heavy atom. The van der Waals surface area contributed by atoms with Crippen LogP contribution in [0, 0.1) is 5.82 Å². The zero-order valence-electron chi connectivity index (χ0n) is 9.79. The molecule has 0 unspecified atom stereocenters. The van der Waals surface area contributed by atoms with Gasteiger partial charge < -0.3 is 15.2 Å². The van der Waals surface area contributed by atoms with Gasteiger partial charge in [0.1, 0.15) is 5.82 Å². The Labute approximate surface area is 101 Å². The van der Waals surface area contributed by atoms with Crippen molar-refractivity contribution in [1.29, 1.82) is 0 Å². The summed E-state index contributed by atoms with van der Waals surface area (Å²) < 4.78 is 18.0. The minimum atomic E-state index is -0.243. The summed E-state index contributed by atoms with van der Waals surface area (Å²) >= 11 is 0. The summed E-state index contributed by atoms with van der Waals surface area (Å²) in [4.78, 5) is 0. The first-order chi connectivity index (χ1) is 8.24. The van der Waals surface area contributed by atoms with E-state index in [1.54, 1.807) is 12.1 Å². The number of aliphatic hydroxyl groups excluding tert-OH is 1. The molecule has 1 saturated heterocycles. The summed E-state index contributed by atoms with van der Waals surface area (Å²) in [6.45, 7) is 2.10. The highest BCUT2D eigenvalue weighted by Gasteiger charge is 2.31. The smallest absolute Gasteiger partial charge is 0.123 e. The van der Waals surface area contributed by atoms with Crippen molar-refractivity contribution < 1.29 is 14.2 Å². The second kappa shape index (κ2) is 5.58. The SMILES string of the molecule is OCC1(NCc2ccc(F)cc2)CCOCC1. The lowest BCUT2D eigenvalue weighted by Crippen LogP contribution is -2.51. The van der Waals surface area contributed by atoms with Crippen molar-refractivity contribution in [3.8, 4) is 0 Å². The molecule has 1 fully saturated rings.